The van der Waals surface area contributed by atoms with E-state index in [9.17, 15) is 8.78 Å². The van der Waals surface area contributed by atoms with Crippen molar-refractivity contribution in [1.29, 1.82) is 0 Å². The molecule has 250 valence electrons. The average molecular weight is 683 g/mol. The zero-order valence-electron chi connectivity index (χ0n) is 27.5. The van der Waals surface area contributed by atoms with Gasteiger partial charge in [-0.25, -0.2) is 18.7 Å². The van der Waals surface area contributed by atoms with Gasteiger partial charge in [0.1, 0.15) is 34.5 Å². The number of aromatic amines is 2. The highest BCUT2D eigenvalue weighted by atomic mass is 19.1. The minimum absolute atomic E-state index is 0.351. The predicted octanol–water partition coefficient (Wildman–Crippen LogP) is 11.9. The second-order valence-electron chi connectivity index (χ2n) is 12.3. The Hall–Kier alpha value is -7.06. The molecule has 0 spiro atoms. The van der Waals surface area contributed by atoms with E-state index in [4.69, 9.17) is 19.4 Å². The normalized spacial score (nSPS) is 11.9. The number of aromatic nitrogens is 4. The molecule has 0 fully saturated rings. The third kappa shape index (κ3) is 5.92. The second-order valence-corrected chi connectivity index (χ2v) is 12.3. The number of hydrogen-bond acceptors (Lipinski definition) is 4. The molecule has 5 heterocycles. The molecule has 8 heteroatoms. The fraction of sp³-hybridized carbons (Fsp3) is 0. The van der Waals surface area contributed by atoms with Gasteiger partial charge in [0, 0.05) is 22.2 Å². The van der Waals surface area contributed by atoms with Crippen molar-refractivity contribution < 1.29 is 18.3 Å². The molecule has 52 heavy (non-hydrogen) atoms. The zero-order valence-corrected chi connectivity index (χ0v) is 27.5. The van der Waals surface area contributed by atoms with Crippen LogP contribution in [0.1, 0.15) is 22.8 Å². The highest BCUT2D eigenvalue weighted by Gasteiger charge is 2.20. The lowest BCUT2D eigenvalue weighted by Gasteiger charge is -2.08. The van der Waals surface area contributed by atoms with Crippen molar-refractivity contribution in [2.75, 3.05) is 0 Å². The van der Waals surface area contributed by atoms with Crippen molar-refractivity contribution in [3.05, 3.63) is 168 Å². The molecule has 2 aliphatic heterocycles. The fourth-order valence-corrected chi connectivity index (χ4v) is 6.43. The Morgan fingerprint density at radius 2 is 0.769 bits per heavy atom. The van der Waals surface area contributed by atoms with Crippen molar-refractivity contribution in [3.63, 3.8) is 0 Å². The van der Waals surface area contributed by atoms with Crippen LogP contribution in [0.25, 0.3) is 68.6 Å². The molecule has 9 rings (SSSR count). The summed E-state index contributed by atoms with van der Waals surface area (Å²) in [5.74, 6) is 1.17. The van der Waals surface area contributed by atoms with Crippen LogP contribution in [0.5, 0.6) is 23.0 Å². The van der Waals surface area contributed by atoms with Crippen LogP contribution < -0.4 is 9.47 Å². The van der Waals surface area contributed by atoms with Crippen LogP contribution in [-0.2, 0) is 0 Å². The van der Waals surface area contributed by atoms with Gasteiger partial charge in [0.15, 0.2) is 11.5 Å². The first-order valence-electron chi connectivity index (χ1n) is 16.7. The van der Waals surface area contributed by atoms with E-state index < -0.39 is 0 Å². The van der Waals surface area contributed by atoms with Crippen LogP contribution in [-0.4, -0.2) is 19.9 Å². The Balaban J connectivity index is 1.40. The standard InChI is InChI=1S/C44H28F2N4O2/c45-29-11-15-31(16-12-29)51-43-37-23-19-33(47-37)41(27-7-3-1-4-8-27)34-20-24-38(48-34)44(52-32-17-13-30(46)14-18-32)40-26-22-36(50-40)42(28-9-5-2-6-10-28)35-21-25-39(43)49-35/h1-26,47,49H. The fourth-order valence-electron chi connectivity index (χ4n) is 6.43. The number of halogens is 2. The van der Waals surface area contributed by atoms with Gasteiger partial charge in [-0.3, -0.25) is 0 Å². The molecule has 6 nitrogen and oxygen atoms in total. The van der Waals surface area contributed by atoms with Crippen LogP contribution in [0, 0.1) is 11.6 Å². The van der Waals surface area contributed by atoms with E-state index in [1.807, 2.05) is 109 Å². The molecule has 0 saturated heterocycles. The third-order valence-corrected chi connectivity index (χ3v) is 8.85. The maximum Gasteiger partial charge on any atom is 0.178 e. The first-order valence-corrected chi connectivity index (χ1v) is 16.7. The maximum absolute atomic E-state index is 13.9. The van der Waals surface area contributed by atoms with Crippen LogP contribution in [0.4, 0.5) is 8.78 Å². The Labute approximate surface area is 297 Å². The van der Waals surface area contributed by atoms with Gasteiger partial charge in [-0.15, -0.1) is 0 Å². The summed E-state index contributed by atoms with van der Waals surface area (Å²) < 4.78 is 40.8. The van der Waals surface area contributed by atoms with Crippen molar-refractivity contribution in [1.82, 2.24) is 19.9 Å². The predicted molar refractivity (Wildman–Crippen MR) is 203 cm³/mol. The van der Waals surface area contributed by atoms with Gasteiger partial charge in [-0.1, -0.05) is 60.7 Å². The highest BCUT2D eigenvalue weighted by molar-refractivity contribution is 5.95. The summed E-state index contributed by atoms with van der Waals surface area (Å²) in [6.45, 7) is 0. The Morgan fingerprint density at radius 1 is 0.385 bits per heavy atom. The van der Waals surface area contributed by atoms with Crippen LogP contribution in [0.15, 0.2) is 133 Å². The third-order valence-electron chi connectivity index (χ3n) is 8.85. The van der Waals surface area contributed by atoms with Gasteiger partial charge in [0.25, 0.3) is 0 Å². The van der Waals surface area contributed by atoms with Gasteiger partial charge >= 0.3 is 0 Å². The maximum atomic E-state index is 13.9. The first kappa shape index (κ1) is 31.0. The number of nitrogens with one attached hydrogen (secondary N) is 2. The van der Waals surface area contributed by atoms with E-state index >= 15 is 0 Å². The summed E-state index contributed by atoms with van der Waals surface area (Å²) in [6.07, 6.45) is 7.71. The van der Waals surface area contributed by atoms with Crippen LogP contribution in [0.3, 0.4) is 0 Å². The number of nitrogens with zero attached hydrogens (tertiary/aromatic N) is 2. The number of benzene rings is 4. The average Bonchev–Trinajstić information content (AvgIpc) is 4.02. The lowest BCUT2D eigenvalue weighted by Crippen LogP contribution is -1.93. The molecule has 0 unspecified atom stereocenters. The Bertz CT molecular complexity index is 2540. The second kappa shape index (κ2) is 13.0. The number of ether oxygens (including phenoxy) is 2. The first-order chi connectivity index (χ1) is 25.6. The minimum atomic E-state index is -0.360. The van der Waals surface area contributed by atoms with Gasteiger partial charge in [-0.2, -0.15) is 0 Å². The monoisotopic (exact) mass is 682 g/mol. The minimum Gasteiger partial charge on any atom is -0.453 e. The molecule has 3 aromatic heterocycles. The van der Waals surface area contributed by atoms with Crippen molar-refractivity contribution in [3.8, 4) is 45.3 Å². The molecule has 2 aliphatic rings. The number of rotatable bonds is 6. The smallest absolute Gasteiger partial charge is 0.178 e. The van der Waals surface area contributed by atoms with E-state index in [0.29, 0.717) is 56.8 Å². The van der Waals surface area contributed by atoms with Gasteiger partial charge in [0.05, 0.1) is 22.4 Å². The van der Waals surface area contributed by atoms with Gasteiger partial charge < -0.3 is 19.4 Å². The van der Waals surface area contributed by atoms with Crippen molar-refractivity contribution in [2.45, 2.75) is 0 Å². The molecule has 0 saturated carbocycles. The van der Waals surface area contributed by atoms with Crippen molar-refractivity contribution in [2.24, 2.45) is 0 Å². The van der Waals surface area contributed by atoms with Crippen LogP contribution >= 0.6 is 0 Å². The number of fused-ring (bicyclic) bond motifs is 8. The molecular weight excluding hydrogens is 655 g/mol. The molecule has 0 aliphatic carbocycles. The zero-order chi connectivity index (χ0) is 35.0. The summed E-state index contributed by atoms with van der Waals surface area (Å²) in [7, 11) is 0. The molecule has 0 radical (unpaired) electrons. The van der Waals surface area contributed by atoms with E-state index in [2.05, 4.69) is 9.97 Å². The Morgan fingerprint density at radius 3 is 1.21 bits per heavy atom. The summed E-state index contributed by atoms with van der Waals surface area (Å²) in [6, 6.07) is 39.7. The molecule has 4 aromatic carbocycles. The number of hydrogen-bond donors (Lipinski definition) is 2. The van der Waals surface area contributed by atoms with E-state index in [1.165, 1.54) is 24.3 Å². The summed E-state index contributed by atoms with van der Waals surface area (Å²) >= 11 is 0. The van der Waals surface area contributed by atoms with Crippen LogP contribution in [0.2, 0.25) is 0 Å². The van der Waals surface area contributed by atoms with E-state index in [-0.39, 0.29) is 11.6 Å². The lowest BCUT2D eigenvalue weighted by molar-refractivity contribution is 0.475. The number of H-pyrrole nitrogens is 2. The lowest BCUT2D eigenvalue weighted by atomic mass is 10.0. The molecule has 7 aromatic rings. The highest BCUT2D eigenvalue weighted by Crippen LogP contribution is 2.39. The topological polar surface area (TPSA) is 75.8 Å². The summed E-state index contributed by atoms with van der Waals surface area (Å²) in [4.78, 5) is 17.4. The molecule has 8 bridgehead atoms. The summed E-state index contributed by atoms with van der Waals surface area (Å²) in [5, 5.41) is 0. The SMILES string of the molecule is Fc1ccc(Oc2c3nc(c(-c4ccccc4)c4ccc([nH]4)c(Oc4ccc(F)cc4)c4ccc([nH]4)c(-c4ccccc4)c4nc2C=C4)C=C3)cc1. The van der Waals surface area contributed by atoms with Crippen molar-refractivity contribution >= 4 is 46.4 Å². The van der Waals surface area contributed by atoms with E-state index in [0.717, 1.165) is 33.3 Å². The summed E-state index contributed by atoms with van der Waals surface area (Å²) in [5.41, 5.74) is 9.13. The molecule has 0 amide bonds. The molecule has 0 atom stereocenters. The van der Waals surface area contributed by atoms with E-state index in [1.54, 1.807) is 24.3 Å². The van der Waals surface area contributed by atoms with Gasteiger partial charge in [-0.05, 0) is 108 Å². The largest absolute Gasteiger partial charge is 0.453 e. The molecule has 2 N–H and O–H groups in total. The Kier molecular flexibility index (Phi) is 7.74. The molecular formula is C44H28F2N4O2. The van der Waals surface area contributed by atoms with Gasteiger partial charge in [0.2, 0.25) is 0 Å². The quantitative estimate of drug-likeness (QED) is 0.183.